The summed E-state index contributed by atoms with van der Waals surface area (Å²) >= 11 is 0. The Morgan fingerprint density at radius 2 is 1.76 bits per heavy atom. The molecular formula is C15H13N2O4. The Bertz CT molecular complexity index is 636. The van der Waals surface area contributed by atoms with Gasteiger partial charge in [-0.25, -0.2) is 4.79 Å². The molecule has 1 amide bonds. The molecule has 0 aromatic heterocycles. The van der Waals surface area contributed by atoms with E-state index >= 15 is 0 Å². The van der Waals surface area contributed by atoms with Gasteiger partial charge in [-0.15, -0.1) is 0 Å². The number of non-ortho nitro benzene ring substituents is 1. The van der Waals surface area contributed by atoms with Gasteiger partial charge in [-0.05, 0) is 42.3 Å². The molecule has 2 aromatic carbocycles. The fraction of sp³-hybridized carbons (Fsp3) is 0.0667. The van der Waals surface area contributed by atoms with E-state index in [1.165, 1.54) is 12.1 Å². The van der Waals surface area contributed by atoms with Crippen LogP contribution in [0.1, 0.15) is 11.1 Å². The SMILES string of the molecule is [CH2]c1ccc(NC(=O)OCc2ccc([N+](=O)[O-])cc2)cc1. The van der Waals surface area contributed by atoms with E-state index in [2.05, 4.69) is 12.2 Å². The maximum Gasteiger partial charge on any atom is 0.411 e. The van der Waals surface area contributed by atoms with Gasteiger partial charge in [0.1, 0.15) is 6.61 Å². The number of nitro benzene ring substituents is 1. The average molecular weight is 285 g/mol. The van der Waals surface area contributed by atoms with Crippen LogP contribution in [0.3, 0.4) is 0 Å². The van der Waals surface area contributed by atoms with E-state index in [-0.39, 0.29) is 12.3 Å². The van der Waals surface area contributed by atoms with Crippen LogP contribution in [0.25, 0.3) is 0 Å². The highest BCUT2D eigenvalue weighted by Crippen LogP contribution is 2.13. The Kier molecular flexibility index (Phi) is 4.50. The highest BCUT2D eigenvalue weighted by atomic mass is 16.6. The van der Waals surface area contributed by atoms with Crippen LogP contribution in [0, 0.1) is 17.0 Å². The molecule has 0 bridgehead atoms. The van der Waals surface area contributed by atoms with Gasteiger partial charge in [0.15, 0.2) is 0 Å². The second kappa shape index (κ2) is 6.51. The summed E-state index contributed by atoms with van der Waals surface area (Å²) < 4.78 is 5.03. The lowest BCUT2D eigenvalue weighted by Gasteiger charge is -2.07. The number of amides is 1. The normalized spacial score (nSPS) is 9.95. The number of nitrogens with one attached hydrogen (secondary N) is 1. The summed E-state index contributed by atoms with van der Waals surface area (Å²) in [7, 11) is 0. The van der Waals surface area contributed by atoms with Crippen molar-refractivity contribution in [2.24, 2.45) is 0 Å². The second-order valence-electron chi connectivity index (χ2n) is 4.32. The van der Waals surface area contributed by atoms with Crippen molar-refractivity contribution in [1.29, 1.82) is 0 Å². The second-order valence-corrected chi connectivity index (χ2v) is 4.32. The van der Waals surface area contributed by atoms with Crippen LogP contribution >= 0.6 is 0 Å². The summed E-state index contributed by atoms with van der Waals surface area (Å²) in [6.07, 6.45) is -0.592. The van der Waals surface area contributed by atoms with Gasteiger partial charge >= 0.3 is 6.09 Å². The smallest absolute Gasteiger partial charge is 0.411 e. The lowest BCUT2D eigenvalue weighted by molar-refractivity contribution is -0.384. The largest absolute Gasteiger partial charge is 0.444 e. The lowest BCUT2D eigenvalue weighted by Crippen LogP contribution is -2.13. The third-order valence-corrected chi connectivity index (χ3v) is 2.72. The first-order chi connectivity index (χ1) is 10.0. The highest BCUT2D eigenvalue weighted by molar-refractivity contribution is 5.84. The van der Waals surface area contributed by atoms with E-state index in [1.54, 1.807) is 36.4 Å². The van der Waals surface area contributed by atoms with Crippen LogP contribution in [0.4, 0.5) is 16.2 Å². The minimum atomic E-state index is -0.592. The molecule has 0 heterocycles. The molecule has 0 atom stereocenters. The van der Waals surface area contributed by atoms with Gasteiger partial charge in [-0.2, -0.15) is 0 Å². The molecule has 1 N–H and O–H groups in total. The van der Waals surface area contributed by atoms with Gasteiger partial charge in [0.05, 0.1) is 4.92 Å². The number of benzene rings is 2. The van der Waals surface area contributed by atoms with Gasteiger partial charge in [-0.3, -0.25) is 15.4 Å². The van der Waals surface area contributed by atoms with E-state index in [4.69, 9.17) is 4.74 Å². The molecule has 1 radical (unpaired) electrons. The molecule has 0 saturated carbocycles. The molecule has 0 unspecified atom stereocenters. The number of ether oxygens (including phenoxy) is 1. The van der Waals surface area contributed by atoms with Crippen molar-refractivity contribution in [2.75, 3.05) is 5.32 Å². The molecule has 0 aliphatic carbocycles. The Morgan fingerprint density at radius 1 is 1.14 bits per heavy atom. The summed E-state index contributed by atoms with van der Waals surface area (Å²) in [5.74, 6) is 0. The van der Waals surface area contributed by atoms with Crippen molar-refractivity contribution in [3.63, 3.8) is 0 Å². The van der Waals surface area contributed by atoms with E-state index in [0.29, 0.717) is 11.3 Å². The van der Waals surface area contributed by atoms with E-state index < -0.39 is 11.0 Å². The molecule has 21 heavy (non-hydrogen) atoms. The molecule has 2 aromatic rings. The van der Waals surface area contributed by atoms with Crippen LogP contribution in [0.2, 0.25) is 0 Å². The predicted molar refractivity (Wildman–Crippen MR) is 77.8 cm³/mol. The van der Waals surface area contributed by atoms with Crippen LogP contribution in [-0.2, 0) is 11.3 Å². The van der Waals surface area contributed by atoms with E-state index in [1.807, 2.05) is 0 Å². The zero-order valence-corrected chi connectivity index (χ0v) is 11.1. The Labute approximate surface area is 121 Å². The molecule has 0 aliphatic rings. The molecule has 0 saturated heterocycles. The molecular weight excluding hydrogens is 272 g/mol. The van der Waals surface area contributed by atoms with Crippen LogP contribution < -0.4 is 5.32 Å². The number of nitrogens with zero attached hydrogens (tertiary/aromatic N) is 1. The minimum Gasteiger partial charge on any atom is -0.444 e. The topological polar surface area (TPSA) is 81.5 Å². The third kappa shape index (κ3) is 4.31. The molecule has 107 valence electrons. The number of rotatable bonds is 4. The summed E-state index contributed by atoms with van der Waals surface area (Å²) in [6, 6.07) is 12.8. The van der Waals surface area contributed by atoms with Gasteiger partial charge in [-0.1, -0.05) is 12.1 Å². The average Bonchev–Trinajstić information content (AvgIpc) is 2.48. The quantitative estimate of drug-likeness (QED) is 0.688. The summed E-state index contributed by atoms with van der Waals surface area (Å²) in [6.45, 7) is 3.78. The van der Waals surface area contributed by atoms with Gasteiger partial charge < -0.3 is 4.74 Å². The number of anilines is 1. The number of carbonyl (C=O) groups is 1. The minimum absolute atomic E-state index is 0.00327. The zero-order chi connectivity index (χ0) is 15.2. The number of hydrogen-bond donors (Lipinski definition) is 1. The first-order valence-electron chi connectivity index (χ1n) is 6.14. The van der Waals surface area contributed by atoms with Gasteiger partial charge in [0, 0.05) is 17.8 Å². The Morgan fingerprint density at radius 3 is 2.33 bits per heavy atom. The van der Waals surface area contributed by atoms with Crippen molar-refractivity contribution in [2.45, 2.75) is 6.61 Å². The van der Waals surface area contributed by atoms with Crippen molar-refractivity contribution < 1.29 is 14.5 Å². The lowest BCUT2D eigenvalue weighted by atomic mass is 10.2. The monoisotopic (exact) mass is 285 g/mol. The van der Waals surface area contributed by atoms with Crippen molar-refractivity contribution in [3.05, 3.63) is 76.7 Å². The van der Waals surface area contributed by atoms with Crippen molar-refractivity contribution >= 4 is 17.5 Å². The van der Waals surface area contributed by atoms with Crippen LogP contribution in [0.15, 0.2) is 48.5 Å². The summed E-state index contributed by atoms with van der Waals surface area (Å²) in [5.41, 5.74) is 2.12. The van der Waals surface area contributed by atoms with Crippen LogP contribution in [-0.4, -0.2) is 11.0 Å². The zero-order valence-electron chi connectivity index (χ0n) is 11.1. The fourth-order valence-corrected chi connectivity index (χ4v) is 1.60. The predicted octanol–water partition coefficient (Wildman–Crippen LogP) is 3.53. The Hall–Kier alpha value is -2.89. The maximum atomic E-state index is 11.6. The number of carbonyl (C=O) groups excluding carboxylic acids is 1. The van der Waals surface area contributed by atoms with E-state index in [9.17, 15) is 14.9 Å². The molecule has 2 rings (SSSR count). The number of hydrogen-bond acceptors (Lipinski definition) is 4. The van der Waals surface area contributed by atoms with E-state index in [0.717, 1.165) is 5.56 Å². The van der Waals surface area contributed by atoms with Crippen molar-refractivity contribution in [1.82, 2.24) is 0 Å². The first kappa shape index (κ1) is 14.5. The molecule has 0 spiro atoms. The number of nitro groups is 1. The first-order valence-corrected chi connectivity index (χ1v) is 6.14. The Balaban J connectivity index is 1.86. The van der Waals surface area contributed by atoms with Gasteiger partial charge in [0.25, 0.3) is 5.69 Å². The standard InChI is InChI=1S/C15H13N2O4/c1-11-2-6-13(7-3-11)16-15(18)21-10-12-4-8-14(9-5-12)17(19)20/h2-9H,1,10H2,(H,16,18). The van der Waals surface area contributed by atoms with Crippen molar-refractivity contribution in [3.8, 4) is 0 Å². The summed E-state index contributed by atoms with van der Waals surface area (Å²) in [5, 5.41) is 13.1. The van der Waals surface area contributed by atoms with Gasteiger partial charge in [0.2, 0.25) is 0 Å². The summed E-state index contributed by atoms with van der Waals surface area (Å²) in [4.78, 5) is 21.6. The molecule has 6 heteroatoms. The fourth-order valence-electron chi connectivity index (χ4n) is 1.60. The van der Waals surface area contributed by atoms with Crippen LogP contribution in [0.5, 0.6) is 0 Å². The highest BCUT2D eigenvalue weighted by Gasteiger charge is 2.06. The molecule has 0 aliphatic heterocycles. The molecule has 6 nitrogen and oxygen atoms in total. The maximum absolute atomic E-state index is 11.6. The third-order valence-electron chi connectivity index (χ3n) is 2.72. The molecule has 0 fully saturated rings.